The molecule has 1 heterocycles. The van der Waals surface area contributed by atoms with Gasteiger partial charge in [0.25, 0.3) is 5.79 Å². The molecule has 0 atom stereocenters. The van der Waals surface area contributed by atoms with E-state index in [4.69, 9.17) is 14.7 Å². The van der Waals surface area contributed by atoms with Crippen molar-refractivity contribution in [3.8, 4) is 6.07 Å². The standard InChI is InChI=1S/C9H5F2NO2/c10-7-2-1-6(3-8(7)11)9(4-12)13-5-14-9/h1-3H,5H2. The van der Waals surface area contributed by atoms with Gasteiger partial charge in [0, 0.05) is 5.56 Å². The Hall–Kier alpha value is -1.51. The van der Waals surface area contributed by atoms with Crippen LogP contribution in [0.1, 0.15) is 5.56 Å². The molecule has 3 nitrogen and oxygen atoms in total. The van der Waals surface area contributed by atoms with Crippen molar-refractivity contribution in [2.45, 2.75) is 5.79 Å². The van der Waals surface area contributed by atoms with Crippen molar-refractivity contribution in [2.24, 2.45) is 0 Å². The molecule has 0 saturated carbocycles. The van der Waals surface area contributed by atoms with E-state index < -0.39 is 17.4 Å². The first kappa shape index (κ1) is 9.06. The Kier molecular flexibility index (Phi) is 1.95. The second-order valence-electron chi connectivity index (χ2n) is 2.76. The van der Waals surface area contributed by atoms with Crippen LogP contribution in [-0.2, 0) is 15.3 Å². The number of benzene rings is 1. The van der Waals surface area contributed by atoms with Crippen LogP contribution < -0.4 is 0 Å². The van der Waals surface area contributed by atoms with Crippen molar-refractivity contribution < 1.29 is 18.3 Å². The third-order valence-corrected chi connectivity index (χ3v) is 1.97. The average molecular weight is 197 g/mol. The maximum Gasteiger partial charge on any atom is 0.291 e. The summed E-state index contributed by atoms with van der Waals surface area (Å²) in [5, 5.41) is 8.73. The third kappa shape index (κ3) is 1.16. The number of nitrogens with zero attached hydrogens (tertiary/aromatic N) is 1. The first-order valence-electron chi connectivity index (χ1n) is 3.83. The average Bonchev–Trinajstić information content (AvgIpc) is 2.10. The quantitative estimate of drug-likeness (QED) is 0.687. The zero-order valence-corrected chi connectivity index (χ0v) is 6.96. The molecule has 1 aliphatic heterocycles. The molecule has 1 fully saturated rings. The van der Waals surface area contributed by atoms with Crippen molar-refractivity contribution in [1.82, 2.24) is 0 Å². The first-order valence-corrected chi connectivity index (χ1v) is 3.83. The molecule has 0 spiro atoms. The minimum Gasteiger partial charge on any atom is -0.307 e. The van der Waals surface area contributed by atoms with E-state index in [1.807, 2.05) is 0 Å². The SMILES string of the molecule is N#CC1(c2ccc(F)c(F)c2)OCO1. The van der Waals surface area contributed by atoms with E-state index in [9.17, 15) is 8.78 Å². The normalized spacial score (nSPS) is 18.4. The van der Waals surface area contributed by atoms with Crippen molar-refractivity contribution in [3.05, 3.63) is 35.4 Å². The monoisotopic (exact) mass is 197 g/mol. The number of nitriles is 1. The van der Waals surface area contributed by atoms with E-state index in [2.05, 4.69) is 0 Å². The molecule has 1 aromatic carbocycles. The highest BCUT2D eigenvalue weighted by molar-refractivity contribution is 5.28. The third-order valence-electron chi connectivity index (χ3n) is 1.97. The van der Waals surface area contributed by atoms with Crippen LogP contribution >= 0.6 is 0 Å². The number of rotatable bonds is 1. The summed E-state index contributed by atoms with van der Waals surface area (Å²) in [5.74, 6) is -3.56. The largest absolute Gasteiger partial charge is 0.307 e. The highest BCUT2D eigenvalue weighted by Gasteiger charge is 2.43. The van der Waals surface area contributed by atoms with Gasteiger partial charge in [-0.3, -0.25) is 0 Å². The molecule has 72 valence electrons. The van der Waals surface area contributed by atoms with Gasteiger partial charge in [0.2, 0.25) is 0 Å². The summed E-state index contributed by atoms with van der Waals surface area (Å²) in [6, 6.07) is 4.81. The molecule has 0 aromatic heterocycles. The summed E-state index contributed by atoms with van der Waals surface area (Å²) >= 11 is 0. The van der Waals surface area contributed by atoms with Crippen molar-refractivity contribution in [2.75, 3.05) is 6.79 Å². The van der Waals surface area contributed by atoms with Gasteiger partial charge in [0.15, 0.2) is 18.4 Å². The molecular weight excluding hydrogens is 192 g/mol. The minimum absolute atomic E-state index is 0.0213. The Morgan fingerprint density at radius 2 is 2.00 bits per heavy atom. The molecule has 0 N–H and O–H groups in total. The Bertz CT molecular complexity index is 410. The fourth-order valence-electron chi connectivity index (χ4n) is 1.17. The number of halogens is 2. The zero-order valence-electron chi connectivity index (χ0n) is 6.96. The molecule has 0 aliphatic carbocycles. The van der Waals surface area contributed by atoms with Crippen LogP contribution in [0.4, 0.5) is 8.78 Å². The van der Waals surface area contributed by atoms with Gasteiger partial charge >= 0.3 is 0 Å². The van der Waals surface area contributed by atoms with Gasteiger partial charge in [0.05, 0.1) is 0 Å². The summed E-state index contributed by atoms with van der Waals surface area (Å²) in [5.41, 5.74) is 0.158. The number of hydrogen-bond acceptors (Lipinski definition) is 3. The van der Waals surface area contributed by atoms with Crippen LogP contribution in [0.25, 0.3) is 0 Å². The molecule has 2 rings (SSSR count). The van der Waals surface area contributed by atoms with Crippen LogP contribution in [0.2, 0.25) is 0 Å². The minimum atomic E-state index is -1.56. The fraction of sp³-hybridized carbons (Fsp3) is 0.222. The Morgan fingerprint density at radius 3 is 2.43 bits per heavy atom. The molecule has 1 aromatic rings. The maximum absolute atomic E-state index is 12.8. The molecular formula is C9H5F2NO2. The van der Waals surface area contributed by atoms with Crippen LogP contribution in [-0.4, -0.2) is 6.79 Å². The summed E-state index contributed by atoms with van der Waals surface area (Å²) in [4.78, 5) is 0. The van der Waals surface area contributed by atoms with E-state index in [0.29, 0.717) is 0 Å². The predicted molar refractivity (Wildman–Crippen MR) is 40.7 cm³/mol. The molecule has 1 aliphatic rings. The highest BCUT2D eigenvalue weighted by Crippen LogP contribution is 2.34. The highest BCUT2D eigenvalue weighted by atomic mass is 19.2. The maximum atomic E-state index is 12.8. The Labute approximate surface area is 78.5 Å². The van der Waals surface area contributed by atoms with Gasteiger partial charge in [-0.05, 0) is 18.2 Å². The van der Waals surface area contributed by atoms with E-state index in [1.165, 1.54) is 6.07 Å². The van der Waals surface area contributed by atoms with Crippen molar-refractivity contribution >= 4 is 0 Å². The van der Waals surface area contributed by atoms with Gasteiger partial charge in [-0.15, -0.1) is 0 Å². The van der Waals surface area contributed by atoms with Crippen molar-refractivity contribution in [1.29, 1.82) is 5.26 Å². The lowest BCUT2D eigenvalue weighted by Crippen LogP contribution is -2.42. The molecule has 0 unspecified atom stereocenters. The van der Waals surface area contributed by atoms with E-state index in [1.54, 1.807) is 6.07 Å². The van der Waals surface area contributed by atoms with Gasteiger partial charge in [0.1, 0.15) is 6.07 Å². The smallest absolute Gasteiger partial charge is 0.291 e. The van der Waals surface area contributed by atoms with E-state index in [0.717, 1.165) is 12.1 Å². The summed E-state index contributed by atoms with van der Waals surface area (Å²) < 4.78 is 35.1. The molecule has 14 heavy (non-hydrogen) atoms. The molecule has 1 saturated heterocycles. The molecule has 0 radical (unpaired) electrons. The summed E-state index contributed by atoms with van der Waals surface area (Å²) in [6.07, 6.45) is 0. The van der Waals surface area contributed by atoms with Gasteiger partial charge < -0.3 is 9.47 Å². The topological polar surface area (TPSA) is 42.2 Å². The Balaban J connectivity index is 2.42. The van der Waals surface area contributed by atoms with Gasteiger partial charge in [-0.2, -0.15) is 5.26 Å². The van der Waals surface area contributed by atoms with Crippen LogP contribution in [0.5, 0.6) is 0 Å². The Morgan fingerprint density at radius 1 is 1.29 bits per heavy atom. The number of hydrogen-bond donors (Lipinski definition) is 0. The van der Waals surface area contributed by atoms with E-state index >= 15 is 0 Å². The molecule has 5 heteroatoms. The zero-order chi connectivity index (χ0) is 10.2. The van der Waals surface area contributed by atoms with Crippen molar-refractivity contribution in [3.63, 3.8) is 0 Å². The second kappa shape index (κ2) is 3.01. The lowest BCUT2D eigenvalue weighted by Gasteiger charge is -2.35. The molecule has 0 bridgehead atoms. The van der Waals surface area contributed by atoms with Crippen LogP contribution in [0.3, 0.4) is 0 Å². The van der Waals surface area contributed by atoms with Gasteiger partial charge in [-0.1, -0.05) is 0 Å². The fourth-order valence-corrected chi connectivity index (χ4v) is 1.17. The number of ether oxygens (including phenoxy) is 2. The second-order valence-corrected chi connectivity index (χ2v) is 2.76. The first-order chi connectivity index (χ1) is 6.68. The van der Waals surface area contributed by atoms with Crippen LogP contribution in [0, 0.1) is 23.0 Å². The lowest BCUT2D eigenvalue weighted by molar-refractivity contribution is -0.377. The summed E-state index contributed by atoms with van der Waals surface area (Å²) in [7, 11) is 0. The lowest BCUT2D eigenvalue weighted by atomic mass is 10.1. The van der Waals surface area contributed by atoms with E-state index in [-0.39, 0.29) is 12.4 Å². The van der Waals surface area contributed by atoms with Gasteiger partial charge in [-0.25, -0.2) is 8.78 Å². The summed E-state index contributed by atoms with van der Waals surface area (Å²) in [6.45, 7) is -0.0213. The predicted octanol–water partition coefficient (Wildman–Crippen LogP) is 1.65. The van der Waals surface area contributed by atoms with Crippen LogP contribution in [0.15, 0.2) is 18.2 Å². The molecule has 0 amide bonds.